The van der Waals surface area contributed by atoms with E-state index in [9.17, 15) is 17.9 Å². The van der Waals surface area contributed by atoms with Gasteiger partial charge in [-0.1, -0.05) is 35.9 Å². The average molecular weight is 342 g/mol. The van der Waals surface area contributed by atoms with Gasteiger partial charge in [0, 0.05) is 5.56 Å². The van der Waals surface area contributed by atoms with Crippen molar-refractivity contribution in [3.05, 3.63) is 78.1 Å². The first-order valence-corrected chi connectivity index (χ1v) is 8.77. The monoisotopic (exact) mass is 342 g/mol. The Morgan fingerprint density at radius 2 is 1.62 bits per heavy atom. The van der Waals surface area contributed by atoms with Gasteiger partial charge < -0.3 is 5.11 Å². The van der Waals surface area contributed by atoms with Crippen molar-refractivity contribution >= 4 is 9.84 Å². The Balaban J connectivity index is 2.10. The summed E-state index contributed by atoms with van der Waals surface area (Å²) in [6, 6.07) is 16.6. The van der Waals surface area contributed by atoms with Gasteiger partial charge in [0.2, 0.25) is 9.84 Å². The van der Waals surface area contributed by atoms with Crippen LogP contribution in [0.5, 0.6) is 5.75 Å². The molecular weight excluding hydrogens is 327 g/mol. The van der Waals surface area contributed by atoms with Gasteiger partial charge in [0.05, 0.1) is 4.90 Å². The van der Waals surface area contributed by atoms with Crippen LogP contribution >= 0.6 is 0 Å². The maximum Gasteiger partial charge on any atom is 0.209 e. The third kappa shape index (κ3) is 2.90. The van der Waals surface area contributed by atoms with Gasteiger partial charge in [0.15, 0.2) is 0 Å². The number of phenols is 1. The smallest absolute Gasteiger partial charge is 0.209 e. The van der Waals surface area contributed by atoms with E-state index < -0.39 is 15.7 Å². The summed E-state index contributed by atoms with van der Waals surface area (Å²) >= 11 is 0. The van der Waals surface area contributed by atoms with Crippen LogP contribution in [0.15, 0.2) is 76.5 Å². The van der Waals surface area contributed by atoms with Crippen LogP contribution < -0.4 is 0 Å². The second-order valence-electron chi connectivity index (χ2n) is 5.48. The van der Waals surface area contributed by atoms with Gasteiger partial charge in [-0.3, -0.25) is 0 Å². The zero-order valence-electron chi connectivity index (χ0n) is 12.9. The molecule has 5 heteroatoms. The summed E-state index contributed by atoms with van der Waals surface area (Å²) in [6.07, 6.45) is 0. The molecule has 3 rings (SSSR count). The Kier molecular flexibility index (Phi) is 4.11. The van der Waals surface area contributed by atoms with Crippen molar-refractivity contribution in [3.8, 4) is 16.9 Å². The van der Waals surface area contributed by atoms with Crippen LogP contribution in [0, 0.1) is 12.7 Å². The molecule has 122 valence electrons. The van der Waals surface area contributed by atoms with Crippen LogP contribution in [0.2, 0.25) is 0 Å². The first kappa shape index (κ1) is 16.2. The SMILES string of the molecule is Cc1ccc(O)c(-c2ccc(S(=O)(=O)c3ccccc3)c(F)c2)c1. The van der Waals surface area contributed by atoms with Crippen LogP contribution in [-0.4, -0.2) is 13.5 Å². The van der Waals surface area contributed by atoms with Crippen molar-refractivity contribution in [2.75, 3.05) is 0 Å². The lowest BCUT2D eigenvalue weighted by atomic mass is 10.0. The van der Waals surface area contributed by atoms with E-state index in [1.807, 2.05) is 6.92 Å². The Bertz CT molecular complexity index is 996. The summed E-state index contributed by atoms with van der Waals surface area (Å²) in [5, 5.41) is 9.95. The molecule has 0 fully saturated rings. The number of aromatic hydroxyl groups is 1. The fourth-order valence-electron chi connectivity index (χ4n) is 2.49. The van der Waals surface area contributed by atoms with Gasteiger partial charge in [-0.25, -0.2) is 12.8 Å². The minimum absolute atomic E-state index is 0.0127. The molecule has 0 spiro atoms. The summed E-state index contributed by atoms with van der Waals surface area (Å²) in [7, 11) is -3.92. The number of hydrogen-bond donors (Lipinski definition) is 1. The summed E-state index contributed by atoms with van der Waals surface area (Å²) in [6.45, 7) is 1.85. The van der Waals surface area contributed by atoms with Gasteiger partial charge in [0.1, 0.15) is 16.5 Å². The second kappa shape index (κ2) is 6.09. The number of benzene rings is 3. The molecule has 0 aliphatic heterocycles. The molecule has 0 heterocycles. The highest BCUT2D eigenvalue weighted by Gasteiger charge is 2.22. The van der Waals surface area contributed by atoms with Crippen molar-refractivity contribution in [2.45, 2.75) is 16.7 Å². The molecule has 0 aliphatic carbocycles. The third-order valence-corrected chi connectivity index (χ3v) is 5.54. The minimum atomic E-state index is -3.92. The van der Waals surface area contributed by atoms with Crippen molar-refractivity contribution < 1.29 is 17.9 Å². The molecule has 0 amide bonds. The fraction of sp³-hybridized carbons (Fsp3) is 0.0526. The molecule has 0 radical (unpaired) electrons. The highest BCUT2D eigenvalue weighted by molar-refractivity contribution is 7.91. The van der Waals surface area contributed by atoms with E-state index in [2.05, 4.69) is 0 Å². The summed E-state index contributed by atoms with van der Waals surface area (Å²) in [4.78, 5) is -0.348. The molecule has 24 heavy (non-hydrogen) atoms. The van der Waals surface area contributed by atoms with Gasteiger partial charge in [-0.15, -0.1) is 0 Å². The molecular formula is C19H15FO3S. The van der Waals surface area contributed by atoms with Crippen molar-refractivity contribution in [1.82, 2.24) is 0 Å². The van der Waals surface area contributed by atoms with E-state index in [1.165, 1.54) is 30.3 Å². The number of sulfone groups is 1. The second-order valence-corrected chi connectivity index (χ2v) is 7.40. The fourth-order valence-corrected chi connectivity index (χ4v) is 3.83. The molecule has 0 bridgehead atoms. The van der Waals surface area contributed by atoms with E-state index in [0.29, 0.717) is 11.1 Å². The normalized spacial score (nSPS) is 11.4. The first-order chi connectivity index (χ1) is 11.4. The number of hydrogen-bond acceptors (Lipinski definition) is 3. The van der Waals surface area contributed by atoms with E-state index in [0.717, 1.165) is 11.6 Å². The van der Waals surface area contributed by atoms with Crippen molar-refractivity contribution in [1.29, 1.82) is 0 Å². The van der Waals surface area contributed by atoms with Gasteiger partial charge in [0.25, 0.3) is 0 Å². The molecule has 0 aliphatic rings. The van der Waals surface area contributed by atoms with Crippen LogP contribution in [-0.2, 0) is 9.84 Å². The van der Waals surface area contributed by atoms with Gasteiger partial charge >= 0.3 is 0 Å². The number of halogens is 1. The molecule has 1 N–H and O–H groups in total. The zero-order chi connectivity index (χ0) is 17.3. The summed E-state index contributed by atoms with van der Waals surface area (Å²) < 4.78 is 39.6. The lowest BCUT2D eigenvalue weighted by Gasteiger charge is -2.10. The molecule has 0 atom stereocenters. The largest absolute Gasteiger partial charge is 0.507 e. The summed E-state index contributed by atoms with van der Waals surface area (Å²) in [5.74, 6) is -0.837. The lowest BCUT2D eigenvalue weighted by molar-refractivity contribution is 0.477. The average Bonchev–Trinajstić information content (AvgIpc) is 2.57. The number of rotatable bonds is 3. The highest BCUT2D eigenvalue weighted by atomic mass is 32.2. The lowest BCUT2D eigenvalue weighted by Crippen LogP contribution is -2.04. The first-order valence-electron chi connectivity index (χ1n) is 7.29. The van der Waals surface area contributed by atoms with E-state index in [4.69, 9.17) is 0 Å². The maximum absolute atomic E-state index is 14.5. The Morgan fingerprint density at radius 1 is 0.917 bits per heavy atom. The zero-order valence-corrected chi connectivity index (χ0v) is 13.7. The number of aryl methyl sites for hydroxylation is 1. The van der Waals surface area contributed by atoms with Crippen LogP contribution in [0.25, 0.3) is 11.1 Å². The van der Waals surface area contributed by atoms with E-state index >= 15 is 0 Å². The standard InChI is InChI=1S/C19H15FO3S/c1-13-7-9-18(21)16(11-13)14-8-10-19(17(20)12-14)24(22,23)15-5-3-2-4-6-15/h2-12,21H,1H3. The number of phenolic OH excluding ortho intramolecular Hbond substituents is 1. The molecule has 3 nitrogen and oxygen atoms in total. The highest BCUT2D eigenvalue weighted by Crippen LogP contribution is 2.33. The van der Waals surface area contributed by atoms with Crippen molar-refractivity contribution in [3.63, 3.8) is 0 Å². The van der Waals surface area contributed by atoms with Crippen LogP contribution in [0.1, 0.15) is 5.56 Å². The van der Waals surface area contributed by atoms with Crippen LogP contribution in [0.3, 0.4) is 0 Å². The molecule has 0 saturated carbocycles. The van der Waals surface area contributed by atoms with Crippen LogP contribution in [0.4, 0.5) is 4.39 Å². The Morgan fingerprint density at radius 3 is 2.29 bits per heavy atom. The maximum atomic E-state index is 14.5. The predicted octanol–water partition coefficient (Wildman–Crippen LogP) is 4.34. The molecule has 0 unspecified atom stereocenters. The molecule has 3 aromatic rings. The van der Waals surface area contributed by atoms with Crippen molar-refractivity contribution in [2.24, 2.45) is 0 Å². The van der Waals surface area contributed by atoms with Gasteiger partial charge in [-0.2, -0.15) is 0 Å². The summed E-state index contributed by atoms with van der Waals surface area (Å²) in [5.41, 5.74) is 1.78. The minimum Gasteiger partial charge on any atom is -0.507 e. The Hall–Kier alpha value is -2.66. The topological polar surface area (TPSA) is 54.4 Å². The van der Waals surface area contributed by atoms with E-state index in [1.54, 1.807) is 30.3 Å². The van der Waals surface area contributed by atoms with E-state index in [-0.39, 0.29) is 15.5 Å². The molecule has 3 aromatic carbocycles. The van der Waals surface area contributed by atoms with Gasteiger partial charge in [-0.05, 0) is 48.9 Å². The molecule has 0 aromatic heterocycles. The quantitative estimate of drug-likeness (QED) is 0.770. The third-order valence-electron chi connectivity index (χ3n) is 3.74. The molecule has 0 saturated heterocycles. The predicted molar refractivity (Wildman–Crippen MR) is 90.1 cm³/mol. The Labute approximate surface area is 139 Å².